The molecule has 0 radical (unpaired) electrons. The molecule has 16 heavy (non-hydrogen) atoms. The second-order valence-electron chi connectivity index (χ2n) is 2.82. The van der Waals surface area contributed by atoms with Gasteiger partial charge in [0.1, 0.15) is 11.6 Å². The van der Waals surface area contributed by atoms with Gasteiger partial charge in [-0.2, -0.15) is 5.26 Å². The summed E-state index contributed by atoms with van der Waals surface area (Å²) in [6.07, 6.45) is 1.14. The lowest BCUT2D eigenvalue weighted by molar-refractivity contribution is -0.384. The molecule has 0 fully saturated rings. The van der Waals surface area contributed by atoms with E-state index in [2.05, 4.69) is 0 Å². The van der Waals surface area contributed by atoms with Gasteiger partial charge in [0.2, 0.25) is 0 Å². The van der Waals surface area contributed by atoms with Gasteiger partial charge in [-0.25, -0.2) is 4.79 Å². The lowest BCUT2D eigenvalue weighted by Crippen LogP contribution is -1.97. The molecule has 0 aliphatic heterocycles. The molecule has 1 aromatic carbocycles. The van der Waals surface area contributed by atoms with Crippen molar-refractivity contribution in [2.45, 2.75) is 0 Å². The molecule has 1 N–H and O–H groups in total. The van der Waals surface area contributed by atoms with Crippen LogP contribution in [0.3, 0.4) is 0 Å². The van der Waals surface area contributed by atoms with Gasteiger partial charge < -0.3 is 5.11 Å². The first kappa shape index (κ1) is 11.4. The van der Waals surface area contributed by atoms with Crippen molar-refractivity contribution in [2.24, 2.45) is 0 Å². The highest BCUT2D eigenvalue weighted by atomic mass is 16.6. The van der Waals surface area contributed by atoms with Crippen molar-refractivity contribution in [3.05, 3.63) is 45.5 Å². The smallest absolute Gasteiger partial charge is 0.346 e. The molecule has 0 bridgehead atoms. The van der Waals surface area contributed by atoms with Crippen LogP contribution in [0.5, 0.6) is 0 Å². The van der Waals surface area contributed by atoms with E-state index in [1.54, 1.807) is 0 Å². The zero-order chi connectivity index (χ0) is 12.1. The summed E-state index contributed by atoms with van der Waals surface area (Å²) in [5.41, 5.74) is -0.0932. The molecule has 6 heteroatoms. The Hall–Kier alpha value is -2.68. The van der Waals surface area contributed by atoms with Gasteiger partial charge in [-0.3, -0.25) is 10.1 Å². The van der Waals surface area contributed by atoms with E-state index in [4.69, 9.17) is 10.4 Å². The number of nitrogens with zero attached hydrogens (tertiary/aromatic N) is 2. The molecular formula is C10H6N2O4. The summed E-state index contributed by atoms with van der Waals surface area (Å²) < 4.78 is 0. The molecule has 1 aromatic rings. The van der Waals surface area contributed by atoms with E-state index >= 15 is 0 Å². The van der Waals surface area contributed by atoms with Gasteiger partial charge in [0.05, 0.1) is 4.92 Å². The average Bonchev–Trinajstić information content (AvgIpc) is 2.26. The van der Waals surface area contributed by atoms with Crippen molar-refractivity contribution in [1.82, 2.24) is 0 Å². The third kappa shape index (κ3) is 2.65. The molecule has 0 aromatic heterocycles. The number of rotatable bonds is 3. The second-order valence-corrected chi connectivity index (χ2v) is 2.82. The molecule has 0 unspecified atom stereocenters. The molecule has 0 saturated carbocycles. The number of nitro benzene ring substituents is 1. The lowest BCUT2D eigenvalue weighted by atomic mass is 10.1. The van der Waals surface area contributed by atoms with Gasteiger partial charge in [0, 0.05) is 12.1 Å². The fraction of sp³-hybridized carbons (Fsp3) is 0. The molecule has 0 atom stereocenters. The van der Waals surface area contributed by atoms with E-state index in [0.717, 1.165) is 6.08 Å². The lowest BCUT2D eigenvalue weighted by Gasteiger charge is -1.94. The van der Waals surface area contributed by atoms with E-state index in [0.29, 0.717) is 5.56 Å². The molecule has 0 saturated heterocycles. The highest BCUT2D eigenvalue weighted by molar-refractivity contribution is 5.96. The van der Waals surface area contributed by atoms with E-state index in [1.807, 2.05) is 0 Å². The molecule has 6 nitrogen and oxygen atoms in total. The first-order chi connectivity index (χ1) is 7.54. The SMILES string of the molecule is N#C/C(=C\c1ccc([N+](=O)[O-])cc1)C(=O)O. The monoisotopic (exact) mass is 218 g/mol. The maximum absolute atomic E-state index is 10.5. The van der Waals surface area contributed by atoms with Crippen LogP contribution in [-0.4, -0.2) is 16.0 Å². The third-order valence-electron chi connectivity index (χ3n) is 1.77. The Kier molecular flexibility index (Phi) is 3.35. The van der Waals surface area contributed by atoms with Crippen LogP contribution in [0.15, 0.2) is 29.8 Å². The topological polar surface area (TPSA) is 104 Å². The number of carbonyl (C=O) groups is 1. The normalized spacial score (nSPS) is 10.6. The van der Waals surface area contributed by atoms with Gasteiger partial charge in [0.15, 0.2) is 0 Å². The fourth-order valence-electron chi connectivity index (χ4n) is 1.00. The number of nitro groups is 1. The van der Waals surface area contributed by atoms with Crippen molar-refractivity contribution in [3.8, 4) is 6.07 Å². The van der Waals surface area contributed by atoms with Crippen LogP contribution in [-0.2, 0) is 4.79 Å². The quantitative estimate of drug-likeness (QED) is 0.359. The van der Waals surface area contributed by atoms with Crippen molar-refractivity contribution in [1.29, 1.82) is 5.26 Å². The predicted octanol–water partition coefficient (Wildman–Crippen LogP) is 1.59. The zero-order valence-corrected chi connectivity index (χ0v) is 7.95. The molecule has 0 aliphatic carbocycles. The van der Waals surface area contributed by atoms with Crippen LogP contribution >= 0.6 is 0 Å². The fourth-order valence-corrected chi connectivity index (χ4v) is 1.00. The summed E-state index contributed by atoms with van der Waals surface area (Å²) in [5, 5.41) is 27.4. The average molecular weight is 218 g/mol. The predicted molar refractivity (Wildman–Crippen MR) is 54.3 cm³/mol. The van der Waals surface area contributed by atoms with Gasteiger partial charge >= 0.3 is 5.97 Å². The molecule has 0 spiro atoms. The Morgan fingerprint density at radius 2 is 2.00 bits per heavy atom. The standard InChI is InChI=1S/C10H6N2O4/c11-6-8(10(13)14)5-7-1-3-9(4-2-7)12(15)16/h1-5H,(H,13,14)/b8-5+. The minimum Gasteiger partial charge on any atom is -0.477 e. The second kappa shape index (κ2) is 4.70. The number of hydrogen-bond donors (Lipinski definition) is 1. The van der Waals surface area contributed by atoms with E-state index in [-0.39, 0.29) is 5.69 Å². The molecular weight excluding hydrogens is 212 g/mol. The van der Waals surface area contributed by atoms with E-state index in [1.165, 1.54) is 30.3 Å². The number of hydrogen-bond acceptors (Lipinski definition) is 4. The Bertz CT molecular complexity index is 497. The summed E-state index contributed by atoms with van der Waals surface area (Å²) in [4.78, 5) is 20.3. The Morgan fingerprint density at radius 3 is 2.38 bits per heavy atom. The molecule has 0 amide bonds. The molecule has 0 heterocycles. The van der Waals surface area contributed by atoms with Gasteiger partial charge in [-0.1, -0.05) is 0 Å². The highest BCUT2D eigenvalue weighted by Crippen LogP contribution is 2.14. The highest BCUT2D eigenvalue weighted by Gasteiger charge is 2.07. The van der Waals surface area contributed by atoms with Crippen LogP contribution in [0.2, 0.25) is 0 Å². The Labute approximate surface area is 90.2 Å². The summed E-state index contributed by atoms with van der Waals surface area (Å²) in [6.45, 7) is 0. The van der Waals surface area contributed by atoms with Gasteiger partial charge in [-0.15, -0.1) is 0 Å². The van der Waals surface area contributed by atoms with Crippen LogP contribution in [0.1, 0.15) is 5.56 Å². The van der Waals surface area contributed by atoms with E-state index in [9.17, 15) is 14.9 Å². The zero-order valence-electron chi connectivity index (χ0n) is 7.95. The van der Waals surface area contributed by atoms with Gasteiger partial charge in [0.25, 0.3) is 5.69 Å². The van der Waals surface area contributed by atoms with Crippen molar-refractivity contribution in [2.75, 3.05) is 0 Å². The first-order valence-corrected chi connectivity index (χ1v) is 4.14. The van der Waals surface area contributed by atoms with Crippen LogP contribution in [0, 0.1) is 21.4 Å². The summed E-state index contributed by atoms with van der Waals surface area (Å²) in [7, 11) is 0. The van der Waals surface area contributed by atoms with Crippen molar-refractivity contribution >= 4 is 17.7 Å². The number of non-ortho nitro benzene ring substituents is 1. The first-order valence-electron chi connectivity index (χ1n) is 4.14. The number of nitriles is 1. The van der Waals surface area contributed by atoms with E-state index < -0.39 is 16.5 Å². The van der Waals surface area contributed by atoms with Crippen molar-refractivity contribution in [3.63, 3.8) is 0 Å². The number of carboxylic acids is 1. The van der Waals surface area contributed by atoms with Crippen LogP contribution in [0.4, 0.5) is 5.69 Å². The Balaban J connectivity index is 3.04. The maximum Gasteiger partial charge on any atom is 0.346 e. The minimum absolute atomic E-state index is 0.0917. The largest absolute Gasteiger partial charge is 0.477 e. The number of aliphatic carboxylic acids is 1. The summed E-state index contributed by atoms with van der Waals surface area (Å²) >= 11 is 0. The third-order valence-corrected chi connectivity index (χ3v) is 1.77. The Morgan fingerprint density at radius 1 is 1.44 bits per heavy atom. The number of benzene rings is 1. The molecule has 80 valence electrons. The molecule has 1 rings (SSSR count). The summed E-state index contributed by atoms with van der Waals surface area (Å²) in [5.74, 6) is -1.33. The maximum atomic E-state index is 10.5. The molecule has 0 aliphatic rings. The van der Waals surface area contributed by atoms with Crippen molar-refractivity contribution < 1.29 is 14.8 Å². The number of carboxylic acid groups (broad SMARTS) is 1. The van der Waals surface area contributed by atoms with Gasteiger partial charge in [-0.05, 0) is 23.8 Å². The van der Waals surface area contributed by atoms with Crippen LogP contribution in [0.25, 0.3) is 6.08 Å². The summed E-state index contributed by atoms with van der Waals surface area (Å²) in [6, 6.07) is 6.74. The minimum atomic E-state index is -1.33. The van der Waals surface area contributed by atoms with Crippen LogP contribution < -0.4 is 0 Å².